The highest BCUT2D eigenvalue weighted by Gasteiger charge is 2.40. The molecular formula is C27H34O8. The maximum Gasteiger partial charge on any atom is 0.386 e. The maximum absolute atomic E-state index is 12.5. The first-order valence-corrected chi connectivity index (χ1v) is 11.8. The number of hydrogen-bond donors (Lipinski definition) is 1. The molecule has 0 radical (unpaired) electrons. The zero-order valence-electron chi connectivity index (χ0n) is 20.7. The van der Waals surface area contributed by atoms with Gasteiger partial charge >= 0.3 is 17.9 Å². The van der Waals surface area contributed by atoms with Gasteiger partial charge in [0.15, 0.2) is 5.60 Å². The molecule has 35 heavy (non-hydrogen) atoms. The van der Waals surface area contributed by atoms with Crippen LogP contribution in [0.1, 0.15) is 86.1 Å². The Bertz CT molecular complexity index is 986. The third-order valence-electron chi connectivity index (χ3n) is 5.96. The lowest BCUT2D eigenvalue weighted by Crippen LogP contribution is -2.43. The number of rotatable bonds is 13. The van der Waals surface area contributed by atoms with Crippen LogP contribution in [-0.4, -0.2) is 34.2 Å². The summed E-state index contributed by atoms with van der Waals surface area (Å²) in [6.45, 7) is 7.35. The molecule has 2 aromatic carbocycles. The molecule has 190 valence electrons. The highest BCUT2D eigenvalue weighted by Crippen LogP contribution is 2.28. The van der Waals surface area contributed by atoms with Crippen LogP contribution in [0.4, 0.5) is 0 Å². The Morgan fingerprint density at radius 2 is 1.43 bits per heavy atom. The smallest absolute Gasteiger partial charge is 0.386 e. The van der Waals surface area contributed by atoms with Gasteiger partial charge in [0.05, 0.1) is 16.7 Å². The molecule has 0 bridgehead atoms. The summed E-state index contributed by atoms with van der Waals surface area (Å²) in [7, 11) is 0. The predicted molar refractivity (Wildman–Crippen MR) is 128 cm³/mol. The monoisotopic (exact) mass is 486 g/mol. The van der Waals surface area contributed by atoms with E-state index in [0.717, 1.165) is 0 Å². The van der Waals surface area contributed by atoms with Crippen LogP contribution < -0.4 is 0 Å². The van der Waals surface area contributed by atoms with Crippen LogP contribution in [0.2, 0.25) is 0 Å². The van der Waals surface area contributed by atoms with E-state index in [1.54, 1.807) is 61.5 Å². The fraction of sp³-hybridized carbons (Fsp3) is 0.444. The number of hydrogen-bond acceptors (Lipinski definition) is 7. The molecule has 0 spiro atoms. The second-order valence-electron chi connectivity index (χ2n) is 8.90. The number of carboxylic acid groups (broad SMARTS) is 1. The van der Waals surface area contributed by atoms with Gasteiger partial charge in [0.25, 0.3) is 0 Å². The van der Waals surface area contributed by atoms with E-state index >= 15 is 0 Å². The van der Waals surface area contributed by atoms with Crippen molar-refractivity contribution in [3.05, 3.63) is 71.3 Å². The molecule has 2 aromatic rings. The van der Waals surface area contributed by atoms with Gasteiger partial charge in [-0.15, -0.1) is 0 Å². The Balaban J connectivity index is 1.95. The van der Waals surface area contributed by atoms with Crippen molar-refractivity contribution in [2.75, 3.05) is 0 Å². The van der Waals surface area contributed by atoms with Crippen LogP contribution in [0.5, 0.6) is 0 Å². The largest absolute Gasteiger partial charge is 0.479 e. The van der Waals surface area contributed by atoms with E-state index in [4.69, 9.17) is 14.7 Å². The topological polar surface area (TPSA) is 108 Å². The number of aliphatic carboxylic acids is 1. The molecule has 1 unspecified atom stereocenters. The Morgan fingerprint density at radius 1 is 0.800 bits per heavy atom. The standard InChI is InChI=1S/C27H34O8/c1-5-26(3,4)34-35-27(6-2,25(30)31)19-13-12-15-20-14-10-11-18-22(20)24(29)33-32-23(28)21-16-8-7-9-17-21/h7-11,14,16-18H,5-6,12-13,15,19H2,1-4H3,(H,30,31). The number of unbranched alkanes of at least 4 members (excludes halogenated alkanes) is 1. The molecule has 8 heteroatoms. The molecule has 0 aromatic heterocycles. The molecule has 0 aliphatic carbocycles. The van der Waals surface area contributed by atoms with Gasteiger partial charge in [0.2, 0.25) is 0 Å². The summed E-state index contributed by atoms with van der Waals surface area (Å²) < 4.78 is 0. The summed E-state index contributed by atoms with van der Waals surface area (Å²) in [6, 6.07) is 15.1. The molecule has 0 fully saturated rings. The van der Waals surface area contributed by atoms with Crippen LogP contribution in [0.15, 0.2) is 54.6 Å². The number of benzene rings is 2. The van der Waals surface area contributed by atoms with Crippen LogP contribution in [0, 0.1) is 0 Å². The molecule has 2 rings (SSSR count). The molecule has 1 atom stereocenters. The Kier molecular flexibility index (Phi) is 10.4. The molecule has 0 saturated heterocycles. The highest BCUT2D eigenvalue weighted by atomic mass is 17.2. The van der Waals surface area contributed by atoms with Crippen LogP contribution >= 0.6 is 0 Å². The molecule has 0 aliphatic heterocycles. The van der Waals surface area contributed by atoms with Gasteiger partial charge in [-0.1, -0.05) is 50.2 Å². The molecule has 0 saturated carbocycles. The molecular weight excluding hydrogens is 452 g/mol. The number of carbonyl (C=O) groups excluding carboxylic acids is 2. The van der Waals surface area contributed by atoms with Crippen LogP contribution in [0.3, 0.4) is 0 Å². The van der Waals surface area contributed by atoms with Crippen molar-refractivity contribution in [1.82, 2.24) is 0 Å². The van der Waals surface area contributed by atoms with E-state index in [0.29, 0.717) is 31.2 Å². The fourth-order valence-corrected chi connectivity index (χ4v) is 3.23. The zero-order chi connectivity index (χ0) is 25.9. The minimum absolute atomic E-state index is 0.248. The lowest BCUT2D eigenvalue weighted by atomic mass is 9.92. The van der Waals surface area contributed by atoms with E-state index < -0.39 is 29.1 Å². The Hall–Kier alpha value is -3.23. The van der Waals surface area contributed by atoms with Crippen LogP contribution in [0.25, 0.3) is 0 Å². The number of carboxylic acids is 1. The maximum atomic E-state index is 12.5. The average Bonchev–Trinajstić information content (AvgIpc) is 2.87. The first kappa shape index (κ1) is 28.0. The predicted octanol–water partition coefficient (Wildman–Crippen LogP) is 5.70. The van der Waals surface area contributed by atoms with Gasteiger partial charge in [0.1, 0.15) is 0 Å². The van der Waals surface area contributed by atoms with Crippen molar-refractivity contribution < 1.29 is 39.0 Å². The van der Waals surface area contributed by atoms with Crippen molar-refractivity contribution in [3.63, 3.8) is 0 Å². The lowest BCUT2D eigenvalue weighted by Gasteiger charge is -2.31. The number of carbonyl (C=O) groups is 3. The summed E-state index contributed by atoms with van der Waals surface area (Å²) >= 11 is 0. The Morgan fingerprint density at radius 3 is 2.06 bits per heavy atom. The van der Waals surface area contributed by atoms with Crippen molar-refractivity contribution in [1.29, 1.82) is 0 Å². The first-order valence-electron chi connectivity index (χ1n) is 11.8. The first-order chi connectivity index (χ1) is 16.6. The second kappa shape index (κ2) is 13.0. The quantitative estimate of drug-likeness (QED) is 0.218. The van der Waals surface area contributed by atoms with Crippen molar-refractivity contribution in [3.8, 4) is 0 Å². The molecule has 0 amide bonds. The van der Waals surface area contributed by atoms with E-state index in [1.165, 1.54) is 0 Å². The van der Waals surface area contributed by atoms with Crippen molar-refractivity contribution in [2.24, 2.45) is 0 Å². The van der Waals surface area contributed by atoms with Gasteiger partial charge in [-0.05, 0) is 76.1 Å². The molecule has 1 N–H and O–H groups in total. The average molecular weight is 487 g/mol. The van der Waals surface area contributed by atoms with E-state index in [2.05, 4.69) is 4.89 Å². The summed E-state index contributed by atoms with van der Waals surface area (Å²) in [5.41, 5.74) is -0.803. The summed E-state index contributed by atoms with van der Waals surface area (Å²) in [4.78, 5) is 56.9. The van der Waals surface area contributed by atoms with Gasteiger partial charge in [0, 0.05) is 0 Å². The Labute approximate surface area is 206 Å². The SMILES string of the molecule is CCC(C)(C)OOC(CC)(CCCCc1ccccc1C(=O)OOC(=O)c1ccccc1)C(=O)O. The van der Waals surface area contributed by atoms with E-state index in [1.807, 2.05) is 20.8 Å². The van der Waals surface area contributed by atoms with Crippen molar-refractivity contribution in [2.45, 2.75) is 77.4 Å². The normalized spacial score (nSPS) is 13.0. The lowest BCUT2D eigenvalue weighted by molar-refractivity contribution is -0.402. The summed E-state index contributed by atoms with van der Waals surface area (Å²) in [5.74, 6) is -2.62. The summed E-state index contributed by atoms with van der Waals surface area (Å²) in [5, 5.41) is 9.81. The van der Waals surface area contributed by atoms with E-state index in [9.17, 15) is 19.5 Å². The molecule has 0 aliphatic rings. The van der Waals surface area contributed by atoms with Gasteiger partial charge in [-0.3, -0.25) is 0 Å². The zero-order valence-corrected chi connectivity index (χ0v) is 20.7. The second-order valence-corrected chi connectivity index (χ2v) is 8.90. The third kappa shape index (κ3) is 8.19. The highest BCUT2D eigenvalue weighted by molar-refractivity contribution is 5.93. The van der Waals surface area contributed by atoms with Gasteiger partial charge in [-0.2, -0.15) is 0 Å². The molecule has 8 nitrogen and oxygen atoms in total. The fourth-order valence-electron chi connectivity index (χ4n) is 3.23. The van der Waals surface area contributed by atoms with Gasteiger partial charge in [-0.25, -0.2) is 33.9 Å². The van der Waals surface area contributed by atoms with Gasteiger partial charge < -0.3 is 5.11 Å². The minimum Gasteiger partial charge on any atom is -0.479 e. The minimum atomic E-state index is -1.45. The third-order valence-corrected chi connectivity index (χ3v) is 5.96. The summed E-state index contributed by atoms with van der Waals surface area (Å²) in [6.07, 6.45) is 2.79. The van der Waals surface area contributed by atoms with E-state index in [-0.39, 0.29) is 24.0 Å². The van der Waals surface area contributed by atoms with Crippen molar-refractivity contribution >= 4 is 17.9 Å². The van der Waals surface area contributed by atoms with Crippen LogP contribution in [-0.2, 0) is 30.8 Å². The number of aryl methyl sites for hydroxylation is 1. The molecule has 0 heterocycles.